The fraction of sp³-hybridized carbons (Fsp3) is 0.200. The van der Waals surface area contributed by atoms with Crippen molar-refractivity contribution in [2.45, 2.75) is 44.6 Å². The molecule has 5 heteroatoms. The molecular weight excluding hydrogens is 456 g/mol. The van der Waals surface area contributed by atoms with Crippen LogP contribution in [0.1, 0.15) is 34.2 Å². The number of ether oxygens (including phenoxy) is 1. The van der Waals surface area contributed by atoms with E-state index < -0.39 is 10.1 Å². The molecule has 180 valence electrons. The monoisotopic (exact) mass is 486 g/mol. The molecule has 0 fully saturated rings. The van der Waals surface area contributed by atoms with Crippen molar-refractivity contribution < 1.29 is 17.7 Å². The van der Waals surface area contributed by atoms with E-state index in [0.717, 1.165) is 40.7 Å². The van der Waals surface area contributed by atoms with Gasteiger partial charge in [0.05, 0.1) is 4.90 Å². The molecule has 0 aliphatic rings. The average molecular weight is 487 g/mol. The minimum absolute atomic E-state index is 0.0401. The van der Waals surface area contributed by atoms with Crippen molar-refractivity contribution in [1.29, 1.82) is 0 Å². The Morgan fingerprint density at radius 2 is 1.43 bits per heavy atom. The first-order valence-corrected chi connectivity index (χ1v) is 13.2. The lowest BCUT2D eigenvalue weighted by Gasteiger charge is -2.20. The molecule has 0 aliphatic carbocycles. The third kappa shape index (κ3) is 6.18. The van der Waals surface area contributed by atoms with Crippen LogP contribution in [-0.2, 0) is 29.6 Å². The highest BCUT2D eigenvalue weighted by molar-refractivity contribution is 7.85. The lowest BCUT2D eigenvalue weighted by atomic mass is 9.90. The molecule has 4 rings (SSSR count). The van der Waals surface area contributed by atoms with Crippen LogP contribution in [0.15, 0.2) is 95.9 Å². The molecule has 1 N–H and O–H groups in total. The summed E-state index contributed by atoms with van der Waals surface area (Å²) in [5, 5.41) is 0. The van der Waals surface area contributed by atoms with Crippen molar-refractivity contribution in [3.05, 3.63) is 119 Å². The Balaban J connectivity index is 1.76. The second-order valence-electron chi connectivity index (χ2n) is 8.82. The maximum Gasteiger partial charge on any atom is 0.294 e. The van der Waals surface area contributed by atoms with Gasteiger partial charge in [-0.1, -0.05) is 78.4 Å². The summed E-state index contributed by atoms with van der Waals surface area (Å²) in [6, 6.07) is 29.2. The standard InChI is InChI=1S/C30H30O4S/c1-22-16-18-28(34-21-25-12-7-4-8-13-25)27(20-22)30-23(2)17-19-29(35(31,32)33)26(30)15-9-14-24-10-5-3-6-11-24/h3-8,10-13,16-20H,9,14-15,21H2,1-2H3,(H,31,32,33). The lowest BCUT2D eigenvalue weighted by Crippen LogP contribution is -2.08. The summed E-state index contributed by atoms with van der Waals surface area (Å²) in [5.41, 5.74) is 6.47. The van der Waals surface area contributed by atoms with Crippen molar-refractivity contribution in [1.82, 2.24) is 0 Å². The molecule has 0 heterocycles. The highest BCUT2D eigenvalue weighted by Gasteiger charge is 2.23. The van der Waals surface area contributed by atoms with Gasteiger partial charge in [-0.2, -0.15) is 8.42 Å². The Hall–Kier alpha value is -3.41. The van der Waals surface area contributed by atoms with Crippen LogP contribution < -0.4 is 4.74 Å². The summed E-state index contributed by atoms with van der Waals surface area (Å²) < 4.78 is 41.0. The van der Waals surface area contributed by atoms with Gasteiger partial charge in [-0.05, 0) is 79.1 Å². The van der Waals surface area contributed by atoms with Crippen LogP contribution in [0.2, 0.25) is 0 Å². The SMILES string of the molecule is Cc1ccc(OCc2ccccc2)c(-c2c(C)ccc(S(=O)(=O)O)c2CCCc2ccccc2)c1. The van der Waals surface area contributed by atoms with Crippen LogP contribution in [-0.4, -0.2) is 13.0 Å². The first-order valence-electron chi connectivity index (χ1n) is 11.7. The Labute approximate surface area is 208 Å². The Morgan fingerprint density at radius 1 is 0.771 bits per heavy atom. The second kappa shape index (κ2) is 10.9. The largest absolute Gasteiger partial charge is 0.488 e. The smallest absolute Gasteiger partial charge is 0.294 e. The molecule has 4 aromatic rings. The quantitative estimate of drug-likeness (QED) is 0.260. The summed E-state index contributed by atoms with van der Waals surface area (Å²) >= 11 is 0. The van der Waals surface area contributed by atoms with Gasteiger partial charge in [-0.3, -0.25) is 4.55 Å². The zero-order valence-electron chi connectivity index (χ0n) is 20.1. The molecule has 0 spiro atoms. The van der Waals surface area contributed by atoms with E-state index >= 15 is 0 Å². The molecule has 35 heavy (non-hydrogen) atoms. The van der Waals surface area contributed by atoms with Crippen LogP contribution in [0, 0.1) is 13.8 Å². The molecule has 0 bridgehead atoms. The molecule has 0 aliphatic heterocycles. The van der Waals surface area contributed by atoms with E-state index in [1.165, 1.54) is 11.6 Å². The van der Waals surface area contributed by atoms with Gasteiger partial charge in [0.1, 0.15) is 12.4 Å². The normalized spacial score (nSPS) is 11.4. The highest BCUT2D eigenvalue weighted by Crippen LogP contribution is 2.39. The van der Waals surface area contributed by atoms with Gasteiger partial charge in [-0.25, -0.2) is 0 Å². The molecule has 0 amide bonds. The van der Waals surface area contributed by atoms with Crippen molar-refractivity contribution in [3.8, 4) is 16.9 Å². The van der Waals surface area contributed by atoms with Gasteiger partial charge >= 0.3 is 0 Å². The zero-order chi connectivity index (χ0) is 24.8. The van der Waals surface area contributed by atoms with Crippen molar-refractivity contribution >= 4 is 10.1 Å². The molecule has 0 atom stereocenters. The van der Waals surface area contributed by atoms with Crippen LogP contribution in [0.4, 0.5) is 0 Å². The summed E-state index contributed by atoms with van der Waals surface area (Å²) in [6.07, 6.45) is 2.06. The van der Waals surface area contributed by atoms with E-state index in [1.54, 1.807) is 6.07 Å². The Morgan fingerprint density at radius 3 is 2.09 bits per heavy atom. The van der Waals surface area contributed by atoms with Crippen LogP contribution in [0.3, 0.4) is 0 Å². The highest BCUT2D eigenvalue weighted by atomic mass is 32.2. The maximum atomic E-state index is 12.4. The van der Waals surface area contributed by atoms with E-state index in [1.807, 2.05) is 80.6 Å². The number of hydrogen-bond acceptors (Lipinski definition) is 3. The molecule has 0 radical (unpaired) electrons. The first kappa shape index (κ1) is 24.7. The summed E-state index contributed by atoms with van der Waals surface area (Å²) in [4.78, 5) is -0.0401. The van der Waals surface area contributed by atoms with Gasteiger partial charge in [0.15, 0.2) is 0 Å². The second-order valence-corrected chi connectivity index (χ2v) is 10.2. The van der Waals surface area contributed by atoms with E-state index in [2.05, 4.69) is 12.1 Å². The third-order valence-corrected chi connectivity index (χ3v) is 7.07. The first-order chi connectivity index (χ1) is 16.8. The number of benzene rings is 4. The molecule has 4 nitrogen and oxygen atoms in total. The number of aryl methyl sites for hydroxylation is 3. The molecule has 0 unspecified atom stereocenters. The summed E-state index contributed by atoms with van der Waals surface area (Å²) in [6.45, 7) is 4.37. The minimum atomic E-state index is -4.39. The van der Waals surface area contributed by atoms with E-state index in [9.17, 15) is 13.0 Å². The van der Waals surface area contributed by atoms with Gasteiger partial charge in [-0.15, -0.1) is 0 Å². The average Bonchev–Trinajstić information content (AvgIpc) is 2.84. The Kier molecular flexibility index (Phi) is 7.69. The zero-order valence-corrected chi connectivity index (χ0v) is 20.9. The van der Waals surface area contributed by atoms with Crippen molar-refractivity contribution in [2.24, 2.45) is 0 Å². The predicted octanol–water partition coefficient (Wildman–Crippen LogP) is 6.97. The summed E-state index contributed by atoms with van der Waals surface area (Å²) in [5.74, 6) is 0.680. The fourth-order valence-corrected chi connectivity index (χ4v) is 5.18. The number of hydrogen-bond donors (Lipinski definition) is 1. The van der Waals surface area contributed by atoms with E-state index in [4.69, 9.17) is 4.74 Å². The maximum absolute atomic E-state index is 12.4. The van der Waals surface area contributed by atoms with Gasteiger partial charge in [0, 0.05) is 5.56 Å². The van der Waals surface area contributed by atoms with Crippen LogP contribution >= 0.6 is 0 Å². The molecule has 4 aromatic carbocycles. The number of rotatable bonds is 9. The van der Waals surface area contributed by atoms with Gasteiger partial charge in [0.2, 0.25) is 0 Å². The summed E-state index contributed by atoms with van der Waals surface area (Å²) in [7, 11) is -4.39. The van der Waals surface area contributed by atoms with Gasteiger partial charge < -0.3 is 4.74 Å². The third-order valence-electron chi connectivity index (χ3n) is 6.13. The minimum Gasteiger partial charge on any atom is -0.488 e. The van der Waals surface area contributed by atoms with Crippen LogP contribution in [0.5, 0.6) is 5.75 Å². The molecule has 0 saturated carbocycles. The van der Waals surface area contributed by atoms with E-state index in [0.29, 0.717) is 24.3 Å². The Bertz CT molecular complexity index is 1400. The molecule has 0 aromatic heterocycles. The molecular formula is C30H30O4S. The predicted molar refractivity (Wildman–Crippen MR) is 140 cm³/mol. The lowest BCUT2D eigenvalue weighted by molar-refractivity contribution is 0.307. The van der Waals surface area contributed by atoms with Gasteiger partial charge in [0.25, 0.3) is 10.1 Å². The van der Waals surface area contributed by atoms with Crippen LogP contribution in [0.25, 0.3) is 11.1 Å². The van der Waals surface area contributed by atoms with E-state index in [-0.39, 0.29) is 4.90 Å². The molecule has 0 saturated heterocycles. The van der Waals surface area contributed by atoms with Crippen molar-refractivity contribution in [2.75, 3.05) is 0 Å². The fourth-order valence-electron chi connectivity index (χ4n) is 4.43. The van der Waals surface area contributed by atoms with Crippen molar-refractivity contribution in [3.63, 3.8) is 0 Å². The topological polar surface area (TPSA) is 63.6 Å².